The van der Waals surface area contributed by atoms with Gasteiger partial charge in [-0.3, -0.25) is 9.59 Å². The number of rotatable bonds is 8. The van der Waals surface area contributed by atoms with Gasteiger partial charge in [0.1, 0.15) is 5.75 Å². The molecule has 2 N–H and O–H groups in total. The van der Waals surface area contributed by atoms with Crippen molar-refractivity contribution in [3.8, 4) is 5.75 Å². The van der Waals surface area contributed by atoms with Crippen LogP contribution in [-0.4, -0.2) is 32.0 Å². The van der Waals surface area contributed by atoms with Crippen molar-refractivity contribution >= 4 is 22.6 Å². The van der Waals surface area contributed by atoms with Crippen LogP contribution in [0.2, 0.25) is 0 Å². The van der Waals surface area contributed by atoms with E-state index in [1.165, 1.54) is 0 Å². The van der Waals surface area contributed by atoms with Gasteiger partial charge in [0, 0.05) is 25.1 Å². The van der Waals surface area contributed by atoms with E-state index < -0.39 is 0 Å². The molecule has 0 aliphatic heterocycles. The van der Waals surface area contributed by atoms with E-state index in [-0.39, 0.29) is 18.2 Å². The molecule has 3 rings (SSSR count). The lowest BCUT2D eigenvalue weighted by Crippen LogP contribution is -2.31. The molecule has 0 atom stereocenters. The van der Waals surface area contributed by atoms with Crippen molar-refractivity contribution in [1.82, 2.24) is 10.6 Å². The van der Waals surface area contributed by atoms with Gasteiger partial charge in [-0.25, -0.2) is 0 Å². The lowest BCUT2D eigenvalue weighted by atomic mass is 10.1. The smallest absolute Gasteiger partial charge is 0.251 e. The maximum absolute atomic E-state index is 12.3. The van der Waals surface area contributed by atoms with Crippen molar-refractivity contribution in [3.05, 3.63) is 77.9 Å². The molecule has 0 saturated carbocycles. The number of ether oxygens (including phenoxy) is 1. The molecule has 0 heterocycles. The summed E-state index contributed by atoms with van der Waals surface area (Å²) in [5.74, 6) is 0.569. The molecule has 0 fully saturated rings. The van der Waals surface area contributed by atoms with Gasteiger partial charge in [0.15, 0.2) is 0 Å². The number of hydrogen-bond donors (Lipinski definition) is 2. The van der Waals surface area contributed by atoms with Crippen molar-refractivity contribution in [2.45, 2.75) is 12.8 Å². The number of carbonyl (C=O) groups excluding carboxylic acids is 2. The van der Waals surface area contributed by atoms with Gasteiger partial charge in [0.2, 0.25) is 5.91 Å². The van der Waals surface area contributed by atoms with E-state index in [1.807, 2.05) is 60.7 Å². The summed E-state index contributed by atoms with van der Waals surface area (Å²) < 4.78 is 5.12. The number of hydrogen-bond acceptors (Lipinski definition) is 3. The Morgan fingerprint density at radius 2 is 1.61 bits per heavy atom. The summed E-state index contributed by atoms with van der Waals surface area (Å²) in [6.45, 7) is 0.865. The first-order valence-corrected chi connectivity index (χ1v) is 9.32. The molecular formula is C23H24N2O3. The van der Waals surface area contributed by atoms with Crippen molar-refractivity contribution in [2.75, 3.05) is 20.2 Å². The zero-order valence-corrected chi connectivity index (χ0v) is 15.9. The molecule has 0 radical (unpaired) electrons. The summed E-state index contributed by atoms with van der Waals surface area (Å²) in [5, 5.41) is 7.79. The average Bonchev–Trinajstić information content (AvgIpc) is 2.73. The number of fused-ring (bicyclic) bond motifs is 1. The maximum atomic E-state index is 12.3. The molecule has 28 heavy (non-hydrogen) atoms. The second-order valence-electron chi connectivity index (χ2n) is 6.52. The summed E-state index contributed by atoms with van der Waals surface area (Å²) in [6.07, 6.45) is 1.00. The Kier molecular flexibility index (Phi) is 6.63. The minimum Gasteiger partial charge on any atom is -0.497 e. The van der Waals surface area contributed by atoms with Crippen LogP contribution in [0.1, 0.15) is 22.3 Å². The van der Waals surface area contributed by atoms with Gasteiger partial charge in [-0.2, -0.15) is 0 Å². The van der Waals surface area contributed by atoms with Crippen LogP contribution in [0.3, 0.4) is 0 Å². The van der Waals surface area contributed by atoms with E-state index in [0.717, 1.165) is 28.5 Å². The first-order valence-electron chi connectivity index (χ1n) is 9.32. The highest BCUT2D eigenvalue weighted by Crippen LogP contribution is 2.15. The predicted octanol–water partition coefficient (Wildman–Crippen LogP) is 3.33. The van der Waals surface area contributed by atoms with Gasteiger partial charge in [-0.15, -0.1) is 0 Å². The van der Waals surface area contributed by atoms with Crippen LogP contribution in [0.5, 0.6) is 5.75 Å². The molecule has 0 bridgehead atoms. The van der Waals surface area contributed by atoms with Crippen LogP contribution in [0.15, 0.2) is 66.7 Å². The Morgan fingerprint density at radius 3 is 2.36 bits per heavy atom. The molecule has 0 aliphatic rings. The Bertz CT molecular complexity index is 951. The van der Waals surface area contributed by atoms with Crippen molar-refractivity contribution < 1.29 is 14.3 Å². The number of benzene rings is 3. The van der Waals surface area contributed by atoms with Gasteiger partial charge in [0.25, 0.3) is 5.91 Å². The Morgan fingerprint density at radius 1 is 0.857 bits per heavy atom. The van der Waals surface area contributed by atoms with Crippen LogP contribution in [0.25, 0.3) is 10.8 Å². The molecule has 0 spiro atoms. The molecular weight excluding hydrogens is 352 g/mol. The second-order valence-corrected chi connectivity index (χ2v) is 6.52. The minimum absolute atomic E-state index is 0.0766. The van der Waals surface area contributed by atoms with E-state index in [1.54, 1.807) is 13.2 Å². The first-order chi connectivity index (χ1) is 13.7. The Hall–Kier alpha value is -3.34. The minimum atomic E-state index is -0.170. The summed E-state index contributed by atoms with van der Waals surface area (Å²) in [6, 6.07) is 21.2. The zero-order chi connectivity index (χ0) is 19.8. The maximum Gasteiger partial charge on any atom is 0.251 e. The monoisotopic (exact) mass is 376 g/mol. The van der Waals surface area contributed by atoms with Crippen molar-refractivity contribution in [2.24, 2.45) is 0 Å². The third-order valence-corrected chi connectivity index (χ3v) is 4.54. The molecule has 0 saturated heterocycles. The van der Waals surface area contributed by atoms with Crippen LogP contribution in [-0.2, 0) is 11.2 Å². The van der Waals surface area contributed by atoms with Gasteiger partial charge in [-0.1, -0.05) is 42.5 Å². The highest BCUT2D eigenvalue weighted by Gasteiger charge is 2.07. The van der Waals surface area contributed by atoms with Crippen LogP contribution in [0, 0.1) is 0 Å². The van der Waals surface area contributed by atoms with Crippen molar-refractivity contribution in [3.63, 3.8) is 0 Å². The quantitative estimate of drug-likeness (QED) is 0.634. The number of carbonyl (C=O) groups is 2. The third kappa shape index (κ3) is 5.33. The molecule has 0 aromatic heterocycles. The van der Waals surface area contributed by atoms with Gasteiger partial charge >= 0.3 is 0 Å². The van der Waals surface area contributed by atoms with E-state index in [4.69, 9.17) is 4.74 Å². The third-order valence-electron chi connectivity index (χ3n) is 4.54. The fraction of sp³-hybridized carbons (Fsp3) is 0.217. The highest BCUT2D eigenvalue weighted by molar-refractivity contribution is 5.98. The lowest BCUT2D eigenvalue weighted by molar-refractivity contribution is -0.120. The largest absolute Gasteiger partial charge is 0.497 e. The average molecular weight is 376 g/mol. The van der Waals surface area contributed by atoms with Gasteiger partial charge in [0.05, 0.1) is 7.11 Å². The van der Waals surface area contributed by atoms with Crippen LogP contribution in [0.4, 0.5) is 0 Å². The topological polar surface area (TPSA) is 67.4 Å². The van der Waals surface area contributed by atoms with Gasteiger partial charge < -0.3 is 15.4 Å². The summed E-state index contributed by atoms with van der Waals surface area (Å²) in [5.41, 5.74) is 1.73. The molecule has 5 nitrogen and oxygen atoms in total. The fourth-order valence-corrected chi connectivity index (χ4v) is 2.95. The normalized spacial score (nSPS) is 10.5. The van der Waals surface area contributed by atoms with E-state index in [2.05, 4.69) is 10.6 Å². The number of nitrogens with one attached hydrogen (secondary N) is 2. The molecule has 5 heteroatoms. The number of amides is 2. The van der Waals surface area contributed by atoms with Crippen molar-refractivity contribution in [1.29, 1.82) is 0 Å². The predicted molar refractivity (Wildman–Crippen MR) is 111 cm³/mol. The van der Waals surface area contributed by atoms with Crippen LogP contribution < -0.4 is 15.4 Å². The molecule has 144 valence electrons. The second kappa shape index (κ2) is 9.55. The fourth-order valence-electron chi connectivity index (χ4n) is 2.95. The van der Waals surface area contributed by atoms with Gasteiger partial charge in [-0.05, 0) is 47.0 Å². The molecule has 0 aliphatic carbocycles. The molecule has 0 unspecified atom stereocenters. The highest BCUT2D eigenvalue weighted by atomic mass is 16.5. The number of methoxy groups -OCH3 is 1. The molecule has 3 aromatic rings. The molecule has 2 amide bonds. The Labute approximate surface area is 164 Å². The lowest BCUT2D eigenvalue weighted by Gasteiger charge is -2.08. The first kappa shape index (κ1) is 19.4. The summed E-state index contributed by atoms with van der Waals surface area (Å²) >= 11 is 0. The van der Waals surface area contributed by atoms with Crippen LogP contribution >= 0.6 is 0 Å². The Balaban J connectivity index is 1.38. The summed E-state index contributed by atoms with van der Waals surface area (Å²) in [4.78, 5) is 24.2. The standard InChI is InChI=1S/C23H24N2O3/c1-28-21-10-6-17(7-11-21)12-14-24-22(26)13-15-25-23(27)20-9-8-18-4-2-3-5-19(18)16-20/h2-11,16H,12-15H2,1H3,(H,24,26)(H,25,27). The van der Waals surface area contributed by atoms with E-state index >= 15 is 0 Å². The van der Waals surface area contributed by atoms with E-state index in [9.17, 15) is 9.59 Å². The molecule has 3 aromatic carbocycles. The summed E-state index contributed by atoms with van der Waals surface area (Å²) in [7, 11) is 1.63. The SMILES string of the molecule is COc1ccc(CCNC(=O)CCNC(=O)c2ccc3ccccc3c2)cc1. The zero-order valence-electron chi connectivity index (χ0n) is 15.9. The van der Waals surface area contributed by atoms with E-state index in [0.29, 0.717) is 18.7 Å².